The van der Waals surface area contributed by atoms with Crippen LogP contribution in [0, 0.1) is 5.82 Å². The average Bonchev–Trinajstić information content (AvgIpc) is 2.90. The molecule has 0 unspecified atom stereocenters. The third-order valence-corrected chi connectivity index (χ3v) is 6.38. The maximum absolute atomic E-state index is 14.5. The minimum absolute atomic E-state index is 0.00709. The van der Waals surface area contributed by atoms with Gasteiger partial charge in [-0.1, -0.05) is 32.0 Å². The molecule has 4 aromatic rings. The van der Waals surface area contributed by atoms with Crippen molar-refractivity contribution in [1.29, 1.82) is 0 Å². The highest BCUT2D eigenvalue weighted by atomic mass is 19.1. The molecule has 2 N–H and O–H groups in total. The largest absolute Gasteiger partial charge is 0.458 e. The molecule has 198 valence electrons. The van der Waals surface area contributed by atoms with E-state index in [1.54, 1.807) is 18.5 Å². The number of hydrogen-bond donors (Lipinski definition) is 2. The molecule has 1 aromatic carbocycles. The number of halogens is 1. The number of hydrogen-bond acceptors (Lipinski definition) is 8. The van der Waals surface area contributed by atoms with Gasteiger partial charge in [-0.05, 0) is 32.8 Å². The third kappa shape index (κ3) is 5.69. The Bertz CT molecular complexity index is 1450. The number of nitrogens with zero attached hydrogens (tertiary/aromatic N) is 5. The summed E-state index contributed by atoms with van der Waals surface area (Å²) in [6.07, 6.45) is 6.69. The molecule has 0 saturated heterocycles. The topological polar surface area (TPSA) is 115 Å². The lowest BCUT2D eigenvalue weighted by Gasteiger charge is -2.30. The minimum atomic E-state index is -0.652. The van der Waals surface area contributed by atoms with Crippen molar-refractivity contribution in [2.24, 2.45) is 0 Å². The number of nitrogens with one attached hydrogen (secondary N) is 2. The van der Waals surface area contributed by atoms with E-state index >= 15 is 0 Å². The van der Waals surface area contributed by atoms with Crippen molar-refractivity contribution in [2.75, 3.05) is 18.9 Å². The first-order valence-corrected chi connectivity index (χ1v) is 12.4. The Labute approximate surface area is 221 Å². The molecule has 1 atom stereocenters. The molecule has 0 fully saturated rings. The second-order valence-corrected chi connectivity index (χ2v) is 10.3. The molecule has 4 rings (SSSR count). The molecule has 1 amide bonds. The Morgan fingerprint density at radius 1 is 1.03 bits per heavy atom. The van der Waals surface area contributed by atoms with Crippen LogP contribution >= 0.6 is 0 Å². The maximum Gasteiger partial charge on any atom is 0.316 e. The summed E-state index contributed by atoms with van der Waals surface area (Å²) in [6, 6.07) is 7.65. The number of aromatic nitrogens is 5. The number of benzene rings is 1. The predicted molar refractivity (Wildman–Crippen MR) is 145 cm³/mol. The van der Waals surface area contributed by atoms with Crippen LogP contribution < -0.4 is 15.4 Å². The molecule has 0 bridgehead atoms. The van der Waals surface area contributed by atoms with Gasteiger partial charge in [-0.25, -0.2) is 24.3 Å². The van der Waals surface area contributed by atoms with Crippen molar-refractivity contribution < 1.29 is 13.9 Å². The summed E-state index contributed by atoms with van der Waals surface area (Å²) >= 11 is 0. The minimum Gasteiger partial charge on any atom is -0.458 e. The van der Waals surface area contributed by atoms with Crippen LogP contribution in [0.15, 0.2) is 49.2 Å². The molecule has 0 aliphatic heterocycles. The summed E-state index contributed by atoms with van der Waals surface area (Å²) in [6.45, 7) is 10.5. The van der Waals surface area contributed by atoms with Gasteiger partial charge in [0.1, 0.15) is 17.7 Å². The summed E-state index contributed by atoms with van der Waals surface area (Å²) in [5.41, 5.74) is 2.11. The van der Waals surface area contributed by atoms with Crippen LogP contribution in [0.3, 0.4) is 0 Å². The zero-order chi connectivity index (χ0) is 27.5. The van der Waals surface area contributed by atoms with E-state index in [1.807, 2.05) is 39.0 Å². The van der Waals surface area contributed by atoms with E-state index in [9.17, 15) is 9.18 Å². The van der Waals surface area contributed by atoms with Crippen molar-refractivity contribution in [3.63, 3.8) is 0 Å². The second-order valence-electron chi connectivity index (χ2n) is 10.3. The van der Waals surface area contributed by atoms with E-state index in [1.165, 1.54) is 13.4 Å². The summed E-state index contributed by atoms with van der Waals surface area (Å²) in [4.78, 5) is 34.1. The molecule has 38 heavy (non-hydrogen) atoms. The molecular weight excluding hydrogens is 485 g/mol. The van der Waals surface area contributed by atoms with Crippen LogP contribution in [-0.2, 0) is 5.41 Å². The molecule has 0 aliphatic rings. The molecule has 3 heterocycles. The summed E-state index contributed by atoms with van der Waals surface area (Å²) < 4.78 is 20.2. The molecule has 0 saturated carbocycles. The number of carbonyl (C=O) groups is 1. The summed E-state index contributed by atoms with van der Waals surface area (Å²) in [7, 11) is 1.48. The Morgan fingerprint density at radius 2 is 1.76 bits per heavy atom. The highest BCUT2D eigenvalue weighted by Crippen LogP contribution is 2.34. The van der Waals surface area contributed by atoms with E-state index in [0.29, 0.717) is 35.0 Å². The molecule has 0 aliphatic carbocycles. The molecule has 10 heteroatoms. The third-order valence-electron chi connectivity index (χ3n) is 6.38. The standard InChI is InChI=1S/C28H32FN7O2/c1-7-28(5,19-10-8-9-18-23(25(37)30-6)20(29)14-31-24(18)19)15-34-22-11-21(35-16-36-22)17-12-32-26(33-13-17)38-27(2,3)4/h8-14,16H,7,15H2,1-6H3,(H,30,37)(H,34,35,36)/t28-/m0/s1. The lowest BCUT2D eigenvalue weighted by molar-refractivity contribution is 0.0960. The van der Waals surface area contributed by atoms with Crippen LogP contribution in [0.25, 0.3) is 22.2 Å². The van der Waals surface area contributed by atoms with Gasteiger partial charge >= 0.3 is 6.01 Å². The van der Waals surface area contributed by atoms with Gasteiger partial charge in [0, 0.05) is 48.4 Å². The number of fused-ring (bicyclic) bond motifs is 1. The van der Waals surface area contributed by atoms with Crippen LogP contribution in [0.4, 0.5) is 10.2 Å². The van der Waals surface area contributed by atoms with E-state index in [0.717, 1.165) is 23.7 Å². The van der Waals surface area contributed by atoms with Gasteiger partial charge in [-0.2, -0.15) is 0 Å². The van der Waals surface area contributed by atoms with Crippen LogP contribution in [0.1, 0.15) is 57.0 Å². The van der Waals surface area contributed by atoms with Crippen molar-refractivity contribution in [2.45, 2.75) is 52.1 Å². The molecule has 0 radical (unpaired) electrons. The van der Waals surface area contributed by atoms with Crippen LogP contribution in [0.5, 0.6) is 6.01 Å². The highest BCUT2D eigenvalue weighted by molar-refractivity contribution is 6.06. The van der Waals surface area contributed by atoms with E-state index in [-0.39, 0.29) is 5.56 Å². The van der Waals surface area contributed by atoms with Crippen molar-refractivity contribution in [1.82, 2.24) is 30.2 Å². The van der Waals surface area contributed by atoms with Crippen LogP contribution in [-0.4, -0.2) is 50.0 Å². The van der Waals surface area contributed by atoms with E-state index in [2.05, 4.69) is 49.4 Å². The zero-order valence-corrected chi connectivity index (χ0v) is 22.5. The number of amides is 1. The highest BCUT2D eigenvalue weighted by Gasteiger charge is 2.29. The molecule has 3 aromatic heterocycles. The van der Waals surface area contributed by atoms with Crippen molar-refractivity contribution in [3.05, 3.63) is 66.1 Å². The second kappa shape index (κ2) is 10.6. The maximum atomic E-state index is 14.5. The first-order chi connectivity index (χ1) is 18.0. The van der Waals surface area contributed by atoms with Crippen molar-refractivity contribution >= 4 is 22.6 Å². The smallest absolute Gasteiger partial charge is 0.316 e. The summed E-state index contributed by atoms with van der Waals surface area (Å²) in [5, 5.41) is 6.41. The number of para-hydroxylation sites is 1. The fourth-order valence-electron chi connectivity index (χ4n) is 4.12. The Kier molecular flexibility index (Phi) is 7.52. The monoisotopic (exact) mass is 517 g/mol. The lowest BCUT2D eigenvalue weighted by atomic mass is 9.78. The first-order valence-electron chi connectivity index (χ1n) is 12.4. The van der Waals surface area contributed by atoms with Gasteiger partial charge < -0.3 is 15.4 Å². The van der Waals surface area contributed by atoms with Gasteiger partial charge in [0.15, 0.2) is 5.82 Å². The number of pyridine rings is 1. The van der Waals surface area contributed by atoms with Crippen LogP contribution in [0.2, 0.25) is 0 Å². The fraction of sp³-hybridized carbons (Fsp3) is 0.357. The number of anilines is 1. The van der Waals surface area contributed by atoms with E-state index < -0.39 is 22.7 Å². The SMILES string of the molecule is CC[C@@](C)(CNc1cc(-c2cnc(OC(C)(C)C)nc2)ncn1)c1cccc2c(C(=O)NC)c(F)cnc12. The average molecular weight is 518 g/mol. The number of ether oxygens (including phenoxy) is 1. The number of rotatable bonds is 8. The number of carbonyl (C=O) groups excluding carboxylic acids is 1. The van der Waals surface area contributed by atoms with E-state index in [4.69, 9.17) is 4.74 Å². The first kappa shape index (κ1) is 26.8. The van der Waals surface area contributed by atoms with Gasteiger partial charge in [-0.3, -0.25) is 9.78 Å². The Hall–Kier alpha value is -4.21. The molecule has 9 nitrogen and oxygen atoms in total. The van der Waals surface area contributed by atoms with Gasteiger partial charge in [0.2, 0.25) is 0 Å². The Morgan fingerprint density at radius 3 is 2.42 bits per heavy atom. The lowest BCUT2D eigenvalue weighted by Crippen LogP contribution is -2.31. The van der Waals surface area contributed by atoms with Gasteiger partial charge in [-0.15, -0.1) is 0 Å². The fourth-order valence-corrected chi connectivity index (χ4v) is 4.12. The summed E-state index contributed by atoms with van der Waals surface area (Å²) in [5.74, 6) is -0.505. The Balaban J connectivity index is 1.60. The van der Waals surface area contributed by atoms with Gasteiger partial charge in [0.05, 0.1) is 23.0 Å². The normalized spacial score (nSPS) is 13.1. The quantitative estimate of drug-likeness (QED) is 0.338. The molecular formula is C28H32FN7O2. The zero-order valence-electron chi connectivity index (χ0n) is 22.5. The van der Waals surface area contributed by atoms with Gasteiger partial charge in [0.25, 0.3) is 5.91 Å². The van der Waals surface area contributed by atoms with Crippen molar-refractivity contribution in [3.8, 4) is 17.3 Å². The molecule has 0 spiro atoms. The predicted octanol–water partition coefficient (Wildman–Crippen LogP) is 4.94.